The molecule has 3 aliphatic heterocycles. The van der Waals surface area contributed by atoms with Gasteiger partial charge in [-0.3, -0.25) is 4.79 Å². The average molecular weight is 405 g/mol. The molecule has 1 unspecified atom stereocenters. The van der Waals surface area contributed by atoms with E-state index in [1.54, 1.807) is 6.92 Å². The summed E-state index contributed by atoms with van der Waals surface area (Å²) in [5.41, 5.74) is 5.11. The van der Waals surface area contributed by atoms with Gasteiger partial charge in [0.15, 0.2) is 5.78 Å². The van der Waals surface area contributed by atoms with Gasteiger partial charge in [-0.05, 0) is 56.7 Å². The lowest BCUT2D eigenvalue weighted by Gasteiger charge is -2.48. The first kappa shape index (κ1) is 19.2. The summed E-state index contributed by atoms with van der Waals surface area (Å²) in [6, 6.07) is 14.5. The largest absolute Gasteiger partial charge is 0.483 e. The van der Waals surface area contributed by atoms with E-state index in [9.17, 15) is 4.79 Å². The Bertz CT molecular complexity index is 1030. The predicted octanol–water partition coefficient (Wildman–Crippen LogP) is 4.04. The Morgan fingerprint density at radius 3 is 2.60 bits per heavy atom. The monoisotopic (exact) mass is 404 g/mol. The maximum atomic E-state index is 11.6. The Balaban J connectivity index is 1.49. The summed E-state index contributed by atoms with van der Waals surface area (Å²) in [6.45, 7) is 8.41. The lowest BCUT2D eigenvalue weighted by molar-refractivity contribution is -0.0296. The Morgan fingerprint density at radius 1 is 1.13 bits per heavy atom. The van der Waals surface area contributed by atoms with Crippen LogP contribution in [0.25, 0.3) is 0 Å². The zero-order valence-corrected chi connectivity index (χ0v) is 18.0. The van der Waals surface area contributed by atoms with Crippen LogP contribution in [0.1, 0.15) is 42.7 Å². The van der Waals surface area contributed by atoms with Gasteiger partial charge in [0.2, 0.25) is 0 Å². The first-order valence-corrected chi connectivity index (χ1v) is 10.5. The first-order valence-electron chi connectivity index (χ1n) is 10.5. The molecule has 0 spiro atoms. The SMILES string of the molecule is CNc1ccc2c(c1)OC(C)(C)C1=CCN3CN(c4ccc(C(C)=O)cc4)CN3C12. The molecule has 30 heavy (non-hydrogen) atoms. The Hall–Kier alpha value is -2.83. The number of nitrogens with zero attached hydrogens (tertiary/aromatic N) is 3. The van der Waals surface area contributed by atoms with Crippen molar-refractivity contribution in [2.24, 2.45) is 0 Å². The number of nitrogens with one attached hydrogen (secondary N) is 1. The van der Waals surface area contributed by atoms with Gasteiger partial charge in [-0.25, -0.2) is 10.0 Å². The maximum Gasteiger partial charge on any atom is 0.159 e. The molecule has 0 aliphatic carbocycles. The van der Waals surface area contributed by atoms with E-state index in [0.29, 0.717) is 0 Å². The molecule has 1 fully saturated rings. The fourth-order valence-electron chi connectivity index (χ4n) is 4.78. The molecule has 0 radical (unpaired) electrons. The number of carbonyl (C=O) groups excluding carboxylic acids is 1. The number of hydrazine groups is 1. The fraction of sp³-hybridized carbons (Fsp3) is 0.375. The standard InChI is InChI=1S/C24H28N4O2/c1-16(29)17-5-8-19(9-6-17)26-14-27-12-11-21-23(28(27)15-26)20-10-7-18(25-4)13-22(20)30-24(21,2)3/h5-11,13,23,25H,12,14-15H2,1-4H3. The number of rotatable bonds is 3. The molecule has 156 valence electrons. The molecule has 3 aliphatic rings. The quantitative estimate of drug-likeness (QED) is 0.616. The van der Waals surface area contributed by atoms with Crippen molar-refractivity contribution in [2.75, 3.05) is 37.1 Å². The minimum atomic E-state index is -0.354. The lowest BCUT2D eigenvalue weighted by atomic mass is 9.82. The molecule has 5 rings (SSSR count). The molecule has 0 aromatic heterocycles. The highest BCUT2D eigenvalue weighted by Crippen LogP contribution is 2.50. The second-order valence-corrected chi connectivity index (χ2v) is 8.73. The van der Waals surface area contributed by atoms with Gasteiger partial charge < -0.3 is 15.0 Å². The molecule has 2 aromatic rings. The van der Waals surface area contributed by atoms with E-state index in [2.05, 4.69) is 58.4 Å². The van der Waals surface area contributed by atoms with Crippen LogP contribution in [-0.4, -0.2) is 48.3 Å². The summed E-state index contributed by atoms with van der Waals surface area (Å²) in [7, 11) is 1.93. The van der Waals surface area contributed by atoms with Crippen LogP contribution in [0, 0.1) is 0 Å². The van der Waals surface area contributed by atoms with E-state index >= 15 is 0 Å². The summed E-state index contributed by atoms with van der Waals surface area (Å²) in [5, 5.41) is 8.06. The van der Waals surface area contributed by atoms with Crippen molar-refractivity contribution in [1.82, 2.24) is 10.0 Å². The van der Waals surface area contributed by atoms with E-state index in [1.807, 2.05) is 31.3 Å². The van der Waals surface area contributed by atoms with Gasteiger partial charge in [0.25, 0.3) is 0 Å². The molecular formula is C24H28N4O2. The van der Waals surface area contributed by atoms with Crippen molar-refractivity contribution in [3.05, 3.63) is 65.2 Å². The molecule has 1 atom stereocenters. The highest BCUT2D eigenvalue weighted by molar-refractivity contribution is 5.94. The lowest BCUT2D eigenvalue weighted by Crippen LogP contribution is -2.51. The summed E-state index contributed by atoms with van der Waals surface area (Å²) in [6.07, 6.45) is 2.33. The third-order valence-electron chi connectivity index (χ3n) is 6.42. The molecule has 2 aromatic carbocycles. The molecule has 1 saturated heterocycles. The third-order valence-corrected chi connectivity index (χ3v) is 6.42. The zero-order chi connectivity index (χ0) is 21.0. The van der Waals surface area contributed by atoms with Crippen molar-refractivity contribution in [2.45, 2.75) is 32.4 Å². The second kappa shape index (κ2) is 6.86. The van der Waals surface area contributed by atoms with Crippen molar-refractivity contribution in [1.29, 1.82) is 0 Å². The number of fused-ring (bicyclic) bond motifs is 5. The van der Waals surface area contributed by atoms with Gasteiger partial charge in [-0.2, -0.15) is 0 Å². The molecule has 1 N–H and O–H groups in total. The number of Topliss-reactive ketones (excluding diaryl/α,β-unsaturated/α-hetero) is 1. The average Bonchev–Trinajstić information content (AvgIpc) is 3.17. The Kier molecular flexibility index (Phi) is 4.38. The maximum absolute atomic E-state index is 11.6. The van der Waals surface area contributed by atoms with Gasteiger partial charge in [-0.1, -0.05) is 12.1 Å². The van der Waals surface area contributed by atoms with Crippen molar-refractivity contribution >= 4 is 17.2 Å². The molecule has 3 heterocycles. The van der Waals surface area contributed by atoms with Gasteiger partial charge in [0, 0.05) is 42.2 Å². The fourth-order valence-corrected chi connectivity index (χ4v) is 4.78. The van der Waals surface area contributed by atoms with Crippen LogP contribution in [-0.2, 0) is 0 Å². The number of carbonyl (C=O) groups is 1. The topological polar surface area (TPSA) is 48.1 Å². The summed E-state index contributed by atoms with van der Waals surface area (Å²) in [4.78, 5) is 14.0. The zero-order valence-electron chi connectivity index (χ0n) is 18.0. The van der Waals surface area contributed by atoms with Crippen LogP contribution in [0.5, 0.6) is 5.75 Å². The van der Waals surface area contributed by atoms with Gasteiger partial charge >= 0.3 is 0 Å². The number of ether oxygens (including phenoxy) is 1. The van der Waals surface area contributed by atoms with E-state index in [0.717, 1.165) is 42.6 Å². The number of hydrogen-bond donors (Lipinski definition) is 1. The first-order chi connectivity index (χ1) is 14.4. The van der Waals surface area contributed by atoms with Crippen molar-refractivity contribution in [3.63, 3.8) is 0 Å². The van der Waals surface area contributed by atoms with Crippen LogP contribution in [0.2, 0.25) is 0 Å². The number of ketones is 1. The molecular weight excluding hydrogens is 376 g/mol. The molecule has 0 saturated carbocycles. The van der Waals surface area contributed by atoms with Crippen molar-refractivity contribution in [3.8, 4) is 5.75 Å². The van der Waals surface area contributed by atoms with E-state index in [4.69, 9.17) is 4.74 Å². The van der Waals surface area contributed by atoms with Crippen molar-refractivity contribution < 1.29 is 9.53 Å². The second-order valence-electron chi connectivity index (χ2n) is 8.73. The van der Waals surface area contributed by atoms with Gasteiger partial charge in [0.1, 0.15) is 11.4 Å². The van der Waals surface area contributed by atoms with Crippen LogP contribution < -0.4 is 15.0 Å². The normalized spacial score (nSPS) is 22.5. The summed E-state index contributed by atoms with van der Waals surface area (Å²) in [5.74, 6) is 1.04. The highest BCUT2D eigenvalue weighted by atomic mass is 16.5. The molecule has 6 heteroatoms. The summed E-state index contributed by atoms with van der Waals surface area (Å²) < 4.78 is 6.43. The Labute approximate surface area is 177 Å². The summed E-state index contributed by atoms with van der Waals surface area (Å²) >= 11 is 0. The van der Waals surface area contributed by atoms with Crippen LogP contribution in [0.4, 0.5) is 11.4 Å². The van der Waals surface area contributed by atoms with E-state index in [1.165, 1.54) is 11.1 Å². The molecule has 6 nitrogen and oxygen atoms in total. The van der Waals surface area contributed by atoms with E-state index < -0.39 is 0 Å². The van der Waals surface area contributed by atoms with Crippen LogP contribution >= 0.6 is 0 Å². The minimum absolute atomic E-state index is 0.0972. The Morgan fingerprint density at radius 2 is 1.90 bits per heavy atom. The van der Waals surface area contributed by atoms with Crippen LogP contribution in [0.3, 0.4) is 0 Å². The number of anilines is 2. The smallest absolute Gasteiger partial charge is 0.159 e. The number of benzene rings is 2. The molecule has 0 bridgehead atoms. The number of hydrogen-bond acceptors (Lipinski definition) is 6. The van der Waals surface area contributed by atoms with Gasteiger partial charge in [-0.15, -0.1) is 0 Å². The molecule has 0 amide bonds. The third kappa shape index (κ3) is 2.99. The van der Waals surface area contributed by atoms with E-state index in [-0.39, 0.29) is 17.4 Å². The predicted molar refractivity (Wildman–Crippen MR) is 119 cm³/mol. The van der Waals surface area contributed by atoms with Gasteiger partial charge in [0.05, 0.1) is 19.4 Å². The minimum Gasteiger partial charge on any atom is -0.483 e. The highest BCUT2D eigenvalue weighted by Gasteiger charge is 2.47. The van der Waals surface area contributed by atoms with Crippen LogP contribution in [0.15, 0.2) is 54.1 Å².